The number of halogens is 2. The summed E-state index contributed by atoms with van der Waals surface area (Å²) in [4.78, 5) is 23.3. The van der Waals surface area contributed by atoms with Gasteiger partial charge in [0.1, 0.15) is 27.6 Å². The van der Waals surface area contributed by atoms with Gasteiger partial charge in [0.15, 0.2) is 22.3 Å². The lowest BCUT2D eigenvalue weighted by Crippen LogP contribution is -2.57. The number of benzene rings is 1. The first-order valence-corrected chi connectivity index (χ1v) is 11.8. The minimum atomic E-state index is -3.97. The van der Waals surface area contributed by atoms with E-state index in [0.717, 1.165) is 18.3 Å². The molecule has 2 heterocycles. The van der Waals surface area contributed by atoms with Gasteiger partial charge in [-0.1, -0.05) is 12.0 Å². The lowest BCUT2D eigenvalue weighted by atomic mass is 9.91. The zero-order valence-electron chi connectivity index (χ0n) is 19.0. The summed E-state index contributed by atoms with van der Waals surface area (Å²) >= 11 is 0. The highest BCUT2D eigenvalue weighted by atomic mass is 32.2. The molecule has 2 N–H and O–H groups in total. The van der Waals surface area contributed by atoms with Gasteiger partial charge in [0.2, 0.25) is 5.88 Å². The average Bonchev–Trinajstić information content (AvgIpc) is 2.77. The summed E-state index contributed by atoms with van der Waals surface area (Å²) in [5.74, 6) is -0.132. The first-order chi connectivity index (χ1) is 16.3. The molecule has 0 saturated heterocycles. The number of nitrogens with one attached hydrogen (secondary N) is 1. The molecule has 1 atom stereocenters. The fourth-order valence-corrected chi connectivity index (χ4v) is 5.14. The van der Waals surface area contributed by atoms with Crippen LogP contribution >= 0.6 is 0 Å². The molecule has 1 aliphatic heterocycles. The Morgan fingerprint density at radius 1 is 1.31 bits per heavy atom. The minimum absolute atomic E-state index is 0.0252. The third-order valence-electron chi connectivity index (χ3n) is 5.44. The second-order valence-corrected chi connectivity index (χ2v) is 10.9. The Morgan fingerprint density at radius 3 is 2.63 bits per heavy atom. The number of carboxylic acid groups (broad SMARTS) is 1. The number of amidine groups is 1. The van der Waals surface area contributed by atoms with Crippen molar-refractivity contribution in [1.82, 2.24) is 15.3 Å². The molecule has 9 nitrogen and oxygen atoms in total. The van der Waals surface area contributed by atoms with E-state index in [1.54, 1.807) is 0 Å². The molecule has 3 rings (SSSR count). The molecule has 1 amide bonds. The van der Waals surface area contributed by atoms with Crippen LogP contribution < -0.4 is 10.1 Å². The Kier molecular flexibility index (Phi) is 6.94. The van der Waals surface area contributed by atoms with Gasteiger partial charge in [-0.15, -0.1) is 6.42 Å². The van der Waals surface area contributed by atoms with Crippen LogP contribution in [0.15, 0.2) is 35.6 Å². The molecule has 0 radical (unpaired) electrons. The van der Waals surface area contributed by atoms with E-state index in [9.17, 15) is 22.0 Å². The lowest BCUT2D eigenvalue weighted by molar-refractivity contribution is 0.199. The maximum Gasteiger partial charge on any atom is 0.410 e. The number of aliphatic imine (C=N–C) groups is 1. The van der Waals surface area contributed by atoms with Crippen molar-refractivity contribution in [2.45, 2.75) is 31.1 Å². The number of ether oxygens (including phenoxy) is 1. The third kappa shape index (κ3) is 5.30. The van der Waals surface area contributed by atoms with Crippen LogP contribution in [-0.4, -0.2) is 52.5 Å². The van der Waals surface area contributed by atoms with E-state index >= 15 is 0 Å². The van der Waals surface area contributed by atoms with Crippen LogP contribution in [0.1, 0.15) is 37.6 Å². The molecular formula is C23H22F2N4O5S. The second kappa shape index (κ2) is 9.42. The van der Waals surface area contributed by atoms with Crippen molar-refractivity contribution >= 4 is 33.7 Å². The Bertz CT molecular complexity index is 1370. The van der Waals surface area contributed by atoms with E-state index in [0.29, 0.717) is 0 Å². The van der Waals surface area contributed by atoms with E-state index in [2.05, 4.69) is 20.9 Å². The average molecular weight is 505 g/mol. The molecular weight excluding hydrogens is 482 g/mol. The van der Waals surface area contributed by atoms with E-state index in [1.165, 1.54) is 39.1 Å². The first kappa shape index (κ1) is 25.8. The number of amides is 1. The molecule has 0 fully saturated rings. The Morgan fingerprint density at radius 2 is 2.03 bits per heavy atom. The maximum absolute atomic E-state index is 14.9. The molecule has 1 aliphatic rings. The number of hydrogen-bond acceptors (Lipinski definition) is 7. The Labute approximate surface area is 200 Å². The van der Waals surface area contributed by atoms with Gasteiger partial charge >= 0.3 is 6.09 Å². The highest BCUT2D eigenvalue weighted by Crippen LogP contribution is 2.38. The van der Waals surface area contributed by atoms with E-state index in [1.807, 2.05) is 5.32 Å². The van der Waals surface area contributed by atoms with Crippen molar-refractivity contribution < 1.29 is 31.8 Å². The molecule has 0 saturated carbocycles. The van der Waals surface area contributed by atoms with Gasteiger partial charge < -0.3 is 9.84 Å². The smallest absolute Gasteiger partial charge is 0.410 e. The highest BCUT2D eigenvalue weighted by Gasteiger charge is 2.50. The topological polar surface area (TPSA) is 131 Å². The summed E-state index contributed by atoms with van der Waals surface area (Å²) in [7, 11) is -3.97. The quantitative estimate of drug-likeness (QED) is 0.598. The van der Waals surface area contributed by atoms with Gasteiger partial charge in [-0.3, -0.25) is 10.3 Å². The molecule has 0 aliphatic carbocycles. The summed E-state index contributed by atoms with van der Waals surface area (Å²) in [5.41, 5.74) is -1.75. The normalized spacial score (nSPS) is 20.9. The summed E-state index contributed by atoms with van der Waals surface area (Å²) in [6.45, 7) is 3.96. The molecule has 35 heavy (non-hydrogen) atoms. The second-order valence-electron chi connectivity index (χ2n) is 8.40. The van der Waals surface area contributed by atoms with Crippen molar-refractivity contribution in [2.75, 3.05) is 12.4 Å². The van der Waals surface area contributed by atoms with Crippen molar-refractivity contribution in [1.29, 1.82) is 0 Å². The molecule has 2 aromatic rings. The molecule has 12 heteroatoms. The number of hydrogen-bond donors (Lipinski definition) is 2. The van der Waals surface area contributed by atoms with Gasteiger partial charge in [-0.2, -0.15) is 0 Å². The van der Waals surface area contributed by atoms with Crippen LogP contribution in [0.2, 0.25) is 0 Å². The molecule has 1 unspecified atom stereocenters. The number of aromatic nitrogens is 2. The molecule has 184 valence electrons. The molecule has 0 bridgehead atoms. The largest absolute Gasteiger partial charge is 0.465 e. The van der Waals surface area contributed by atoms with Crippen molar-refractivity contribution in [3.05, 3.63) is 53.2 Å². The fourth-order valence-electron chi connectivity index (χ4n) is 3.42. The van der Waals surface area contributed by atoms with E-state index in [-0.39, 0.29) is 35.1 Å². The van der Waals surface area contributed by atoms with Gasteiger partial charge in [0.25, 0.3) is 0 Å². The standard InChI is InChI=1S/C23H22F2N4O5S/c1-5-8-34-19-12-26-18(11-27-19)17(25)10-14-6-7-16(24)15(9-14)23(4)13-35(32,33)22(2,3)20(29-23)28-21(30)31/h1,6-7,9-12H,8,13H2,2-4H3,(H,28,29)(H,30,31). The first-order valence-electron chi connectivity index (χ1n) is 10.2. The summed E-state index contributed by atoms with van der Waals surface area (Å²) in [6, 6.07) is 3.60. The monoisotopic (exact) mass is 504 g/mol. The number of carbonyl (C=O) groups is 1. The number of terminal acetylenes is 1. The van der Waals surface area contributed by atoms with E-state index < -0.39 is 43.6 Å². The van der Waals surface area contributed by atoms with Crippen LogP contribution in [0.4, 0.5) is 13.6 Å². The van der Waals surface area contributed by atoms with Crippen LogP contribution in [-0.2, 0) is 15.4 Å². The lowest BCUT2D eigenvalue weighted by Gasteiger charge is -2.39. The van der Waals surface area contributed by atoms with E-state index in [4.69, 9.17) is 16.3 Å². The predicted octanol–water partition coefficient (Wildman–Crippen LogP) is 3.18. The van der Waals surface area contributed by atoms with Crippen LogP contribution in [0, 0.1) is 18.2 Å². The fraction of sp³-hybridized carbons (Fsp3) is 0.304. The van der Waals surface area contributed by atoms with Gasteiger partial charge in [0.05, 0.1) is 18.1 Å². The van der Waals surface area contributed by atoms with Crippen molar-refractivity contribution in [3.63, 3.8) is 0 Å². The number of sulfone groups is 1. The summed E-state index contributed by atoms with van der Waals surface area (Å²) < 4.78 is 59.1. The zero-order chi connectivity index (χ0) is 26.0. The number of nitrogens with zero attached hydrogens (tertiary/aromatic N) is 3. The summed E-state index contributed by atoms with van der Waals surface area (Å²) in [5, 5.41) is 11.2. The van der Waals surface area contributed by atoms with Gasteiger partial charge in [-0.05, 0) is 44.5 Å². The third-order valence-corrected chi connectivity index (χ3v) is 8.13. The summed E-state index contributed by atoms with van der Waals surface area (Å²) in [6.07, 6.45) is 6.98. The highest BCUT2D eigenvalue weighted by molar-refractivity contribution is 7.93. The Balaban J connectivity index is 2.02. The van der Waals surface area contributed by atoms with Gasteiger partial charge in [-0.25, -0.2) is 32.0 Å². The maximum atomic E-state index is 14.9. The zero-order valence-corrected chi connectivity index (χ0v) is 19.9. The SMILES string of the molecule is C#CCOc1cnc(C(F)=Cc2ccc(F)c(C3(C)CS(=O)(=O)C(C)(C)C(NC(=O)O)=N3)c2)cn1. The molecule has 1 aromatic carbocycles. The number of rotatable bonds is 5. The predicted molar refractivity (Wildman–Crippen MR) is 126 cm³/mol. The van der Waals surface area contributed by atoms with Crippen LogP contribution in [0.25, 0.3) is 11.9 Å². The molecule has 1 aromatic heterocycles. The van der Waals surface area contributed by atoms with Crippen LogP contribution in [0.3, 0.4) is 0 Å². The van der Waals surface area contributed by atoms with Crippen molar-refractivity contribution in [3.8, 4) is 18.2 Å². The van der Waals surface area contributed by atoms with Crippen LogP contribution in [0.5, 0.6) is 5.88 Å². The minimum Gasteiger partial charge on any atom is -0.465 e. The Hall–Kier alpha value is -3.85. The van der Waals surface area contributed by atoms with Crippen molar-refractivity contribution in [2.24, 2.45) is 4.99 Å². The molecule has 0 spiro atoms. The van der Waals surface area contributed by atoms with Gasteiger partial charge in [0, 0.05) is 5.56 Å².